The molecule has 5 N–H and O–H groups in total. The average Bonchev–Trinajstić information content (AvgIpc) is 2.78. The number of ether oxygens (including phenoxy) is 1. The van der Waals surface area contributed by atoms with Gasteiger partial charge in [-0.2, -0.15) is 4.98 Å². The van der Waals surface area contributed by atoms with Crippen molar-refractivity contribution in [1.82, 2.24) is 9.97 Å². The van der Waals surface area contributed by atoms with Crippen LogP contribution in [0.2, 0.25) is 0 Å². The van der Waals surface area contributed by atoms with Crippen LogP contribution >= 0.6 is 0 Å². The van der Waals surface area contributed by atoms with Crippen molar-refractivity contribution in [3.05, 3.63) is 71.9 Å². The topological polar surface area (TPSA) is 122 Å². The Kier molecular flexibility index (Phi) is 7.54. The molecule has 0 aliphatic rings. The number of aliphatic hydroxyl groups is 1. The number of aromatic nitrogens is 2. The first-order valence-corrected chi connectivity index (χ1v) is 9.59. The first-order valence-electron chi connectivity index (χ1n) is 9.59. The molecule has 3 rings (SSSR count). The predicted molar refractivity (Wildman–Crippen MR) is 119 cm³/mol. The number of terminal acetylenes is 1. The molecule has 1 amide bonds. The number of amides is 1. The molecule has 8 nitrogen and oxygen atoms in total. The maximum Gasteiger partial charge on any atom is 0.230 e. The Balaban J connectivity index is 1.70. The Hall–Kier alpha value is -3.93. The first kappa shape index (κ1) is 21.8. The molecule has 0 aliphatic carbocycles. The van der Waals surface area contributed by atoms with Gasteiger partial charge in [0.05, 0.1) is 6.61 Å². The molecule has 0 radical (unpaired) electrons. The van der Waals surface area contributed by atoms with Gasteiger partial charge in [-0.05, 0) is 29.3 Å². The van der Waals surface area contributed by atoms with Crippen LogP contribution in [0.1, 0.15) is 23.6 Å². The average molecular weight is 417 g/mol. The molecule has 3 aromatic rings. The molecular formula is C23H23N5O3. The summed E-state index contributed by atoms with van der Waals surface area (Å²) in [5.74, 6) is 2.75. The van der Waals surface area contributed by atoms with Gasteiger partial charge in [-0.25, -0.2) is 4.98 Å². The standard InChI is InChI=1S/C23H23N5O3/c1-2-10-31-22-8-9-25-23(28-22)27-19-12-16(15-29)11-18(13-19)26-21(30)14-20(24)17-6-4-3-5-7-17/h1,3-9,11-13,20,29H,10,14-15,24H2,(H,26,30)(H,25,27,28). The summed E-state index contributed by atoms with van der Waals surface area (Å²) in [5.41, 5.74) is 8.72. The van der Waals surface area contributed by atoms with Crippen LogP contribution in [-0.4, -0.2) is 27.6 Å². The summed E-state index contributed by atoms with van der Waals surface area (Å²) < 4.78 is 5.29. The Bertz CT molecular complexity index is 1070. The molecule has 1 aromatic heterocycles. The molecule has 8 heteroatoms. The van der Waals surface area contributed by atoms with Crippen LogP contribution < -0.4 is 21.1 Å². The molecule has 0 fully saturated rings. The molecular weight excluding hydrogens is 394 g/mol. The smallest absolute Gasteiger partial charge is 0.230 e. The molecule has 0 aliphatic heterocycles. The number of nitrogens with one attached hydrogen (secondary N) is 2. The summed E-state index contributed by atoms with van der Waals surface area (Å²) in [7, 11) is 0. The monoisotopic (exact) mass is 417 g/mol. The van der Waals surface area contributed by atoms with E-state index in [1.807, 2.05) is 30.3 Å². The highest BCUT2D eigenvalue weighted by molar-refractivity contribution is 5.92. The highest BCUT2D eigenvalue weighted by Gasteiger charge is 2.13. The summed E-state index contributed by atoms with van der Waals surface area (Å²) in [6.07, 6.45) is 6.84. The van der Waals surface area contributed by atoms with E-state index >= 15 is 0 Å². The van der Waals surface area contributed by atoms with Crippen molar-refractivity contribution in [2.75, 3.05) is 17.2 Å². The second-order valence-corrected chi connectivity index (χ2v) is 6.68. The summed E-state index contributed by atoms with van der Waals surface area (Å²) in [5, 5.41) is 15.5. The van der Waals surface area contributed by atoms with Crippen LogP contribution in [0.5, 0.6) is 5.88 Å². The third-order valence-electron chi connectivity index (χ3n) is 4.28. The Morgan fingerprint density at radius 3 is 2.71 bits per heavy atom. The number of hydrogen-bond donors (Lipinski definition) is 4. The van der Waals surface area contributed by atoms with Crippen LogP contribution in [0.3, 0.4) is 0 Å². The number of aliphatic hydroxyl groups excluding tert-OH is 1. The normalized spacial score (nSPS) is 11.3. The minimum atomic E-state index is -0.418. The van der Waals surface area contributed by atoms with Crippen molar-refractivity contribution in [1.29, 1.82) is 0 Å². The number of benzene rings is 2. The van der Waals surface area contributed by atoms with Crippen molar-refractivity contribution in [2.45, 2.75) is 19.1 Å². The van der Waals surface area contributed by atoms with E-state index in [0.29, 0.717) is 22.8 Å². The number of nitrogens with zero attached hydrogens (tertiary/aromatic N) is 2. The zero-order valence-corrected chi connectivity index (χ0v) is 16.8. The fourth-order valence-electron chi connectivity index (χ4n) is 2.88. The molecule has 2 aromatic carbocycles. The molecule has 0 saturated carbocycles. The largest absolute Gasteiger partial charge is 0.464 e. The van der Waals surface area contributed by atoms with Crippen LogP contribution in [0, 0.1) is 12.3 Å². The van der Waals surface area contributed by atoms with E-state index in [4.69, 9.17) is 16.9 Å². The van der Waals surface area contributed by atoms with Gasteiger partial charge in [0.2, 0.25) is 17.7 Å². The maximum atomic E-state index is 12.5. The lowest BCUT2D eigenvalue weighted by atomic mass is 10.0. The minimum absolute atomic E-state index is 0.0950. The van der Waals surface area contributed by atoms with Gasteiger partial charge in [0, 0.05) is 36.1 Å². The molecule has 31 heavy (non-hydrogen) atoms. The molecule has 0 saturated heterocycles. The zero-order chi connectivity index (χ0) is 22.1. The SMILES string of the molecule is C#CCOc1ccnc(Nc2cc(CO)cc(NC(=O)CC(N)c3ccccc3)c2)n1. The van der Waals surface area contributed by atoms with Crippen LogP contribution in [0.15, 0.2) is 60.8 Å². The van der Waals surface area contributed by atoms with Gasteiger partial charge in [-0.3, -0.25) is 4.79 Å². The Labute approximate surface area is 180 Å². The van der Waals surface area contributed by atoms with Gasteiger partial charge in [0.15, 0.2) is 6.61 Å². The van der Waals surface area contributed by atoms with Crippen LogP contribution in [0.25, 0.3) is 0 Å². The third-order valence-corrected chi connectivity index (χ3v) is 4.28. The molecule has 1 heterocycles. The highest BCUT2D eigenvalue weighted by Crippen LogP contribution is 2.23. The van der Waals surface area contributed by atoms with Crippen LogP contribution in [-0.2, 0) is 11.4 Å². The number of anilines is 3. The summed E-state index contributed by atoms with van der Waals surface area (Å²) in [6.45, 7) is -0.105. The summed E-state index contributed by atoms with van der Waals surface area (Å²) in [6, 6.07) is 15.7. The van der Waals surface area contributed by atoms with E-state index in [0.717, 1.165) is 5.56 Å². The number of carbonyl (C=O) groups is 1. The minimum Gasteiger partial charge on any atom is -0.464 e. The quantitative estimate of drug-likeness (QED) is 0.395. The van der Waals surface area contributed by atoms with Gasteiger partial charge in [-0.15, -0.1) is 6.42 Å². The highest BCUT2D eigenvalue weighted by atomic mass is 16.5. The van der Waals surface area contributed by atoms with E-state index in [1.54, 1.807) is 24.3 Å². The lowest BCUT2D eigenvalue weighted by Crippen LogP contribution is -2.20. The van der Waals surface area contributed by atoms with Gasteiger partial charge < -0.3 is 26.2 Å². The summed E-state index contributed by atoms with van der Waals surface area (Å²) >= 11 is 0. The lowest BCUT2D eigenvalue weighted by molar-refractivity contribution is -0.116. The number of hydrogen-bond acceptors (Lipinski definition) is 7. The number of nitrogens with two attached hydrogens (primary N) is 1. The third kappa shape index (κ3) is 6.54. The molecule has 0 spiro atoms. The molecule has 1 atom stereocenters. The lowest BCUT2D eigenvalue weighted by Gasteiger charge is -2.14. The summed E-state index contributed by atoms with van der Waals surface area (Å²) in [4.78, 5) is 20.8. The van der Waals surface area contributed by atoms with E-state index < -0.39 is 6.04 Å². The van der Waals surface area contributed by atoms with E-state index in [2.05, 4.69) is 26.5 Å². The molecule has 1 unspecified atom stereocenters. The number of rotatable bonds is 9. The second kappa shape index (κ2) is 10.7. The maximum absolute atomic E-state index is 12.5. The van der Waals surface area contributed by atoms with E-state index in [-0.39, 0.29) is 31.5 Å². The van der Waals surface area contributed by atoms with E-state index in [1.165, 1.54) is 6.20 Å². The van der Waals surface area contributed by atoms with Crippen molar-refractivity contribution in [3.8, 4) is 18.2 Å². The Morgan fingerprint density at radius 2 is 1.97 bits per heavy atom. The van der Waals surface area contributed by atoms with Crippen molar-refractivity contribution >= 4 is 23.2 Å². The van der Waals surface area contributed by atoms with Crippen molar-refractivity contribution in [2.24, 2.45) is 5.73 Å². The molecule has 0 bridgehead atoms. The second-order valence-electron chi connectivity index (χ2n) is 6.68. The zero-order valence-electron chi connectivity index (χ0n) is 16.8. The Morgan fingerprint density at radius 1 is 1.19 bits per heavy atom. The predicted octanol–water partition coefficient (Wildman–Crippen LogP) is 2.75. The van der Waals surface area contributed by atoms with Gasteiger partial charge in [0.25, 0.3) is 0 Å². The van der Waals surface area contributed by atoms with Gasteiger partial charge >= 0.3 is 0 Å². The van der Waals surface area contributed by atoms with E-state index in [9.17, 15) is 9.90 Å². The fraction of sp³-hybridized carbons (Fsp3) is 0.174. The van der Waals surface area contributed by atoms with Crippen LogP contribution in [0.4, 0.5) is 17.3 Å². The van der Waals surface area contributed by atoms with Crippen molar-refractivity contribution < 1.29 is 14.6 Å². The fourth-order valence-corrected chi connectivity index (χ4v) is 2.88. The van der Waals surface area contributed by atoms with Gasteiger partial charge in [-0.1, -0.05) is 36.3 Å². The van der Waals surface area contributed by atoms with Gasteiger partial charge in [0.1, 0.15) is 0 Å². The van der Waals surface area contributed by atoms with Crippen molar-refractivity contribution in [3.63, 3.8) is 0 Å². The first-order chi connectivity index (χ1) is 15.1. The molecule has 158 valence electrons. The number of carbonyl (C=O) groups excluding carboxylic acids is 1.